The average molecular weight is 225 g/mol. The molecule has 0 unspecified atom stereocenters. The third-order valence-corrected chi connectivity index (χ3v) is 2.99. The maximum absolute atomic E-state index is 11.7. The molecule has 1 rings (SSSR count). The molecule has 0 bridgehead atoms. The lowest BCUT2D eigenvalue weighted by Gasteiger charge is -2.26. The Morgan fingerprint density at radius 1 is 1.33 bits per heavy atom. The van der Waals surface area contributed by atoms with Crippen LogP contribution in [-0.2, 0) is 9.53 Å². The third kappa shape index (κ3) is 5.00. The highest BCUT2D eigenvalue weighted by Crippen LogP contribution is 2.01. The smallest absolute Gasteiger partial charge is 0.234 e. The van der Waals surface area contributed by atoms with Gasteiger partial charge < -0.3 is 9.64 Å². The predicted octanol–water partition coefficient (Wildman–Crippen LogP) is 1.12. The van der Waals surface area contributed by atoms with E-state index in [1.165, 1.54) is 0 Å². The van der Waals surface area contributed by atoms with Gasteiger partial charge in [-0.1, -0.05) is 19.6 Å². The van der Waals surface area contributed by atoms with Crippen LogP contribution in [0, 0.1) is 11.5 Å². The van der Waals surface area contributed by atoms with Gasteiger partial charge in [0.15, 0.2) is 0 Å². The Morgan fingerprint density at radius 3 is 2.47 bits per heavy atom. The van der Waals surface area contributed by atoms with E-state index in [2.05, 4.69) is 31.1 Å². The molecule has 0 N–H and O–H groups in total. The van der Waals surface area contributed by atoms with Gasteiger partial charge in [-0.2, -0.15) is 0 Å². The predicted molar refractivity (Wildman–Crippen MR) is 63.1 cm³/mol. The van der Waals surface area contributed by atoms with Crippen molar-refractivity contribution >= 4 is 14.0 Å². The first-order chi connectivity index (χ1) is 6.99. The molecule has 1 fully saturated rings. The number of carbonyl (C=O) groups is 1. The van der Waals surface area contributed by atoms with E-state index in [1.807, 2.05) is 4.90 Å². The molecule has 1 aliphatic heterocycles. The highest BCUT2D eigenvalue weighted by atomic mass is 28.3. The maximum Gasteiger partial charge on any atom is 0.234 e. The van der Waals surface area contributed by atoms with Crippen molar-refractivity contribution in [3.8, 4) is 11.5 Å². The van der Waals surface area contributed by atoms with E-state index >= 15 is 0 Å². The van der Waals surface area contributed by atoms with Crippen molar-refractivity contribution in [2.75, 3.05) is 26.3 Å². The highest BCUT2D eigenvalue weighted by molar-refractivity contribution is 6.83. The van der Waals surface area contributed by atoms with Crippen LogP contribution < -0.4 is 0 Å². The number of hydrogen-bond acceptors (Lipinski definition) is 2. The molecule has 0 aliphatic carbocycles. The Kier molecular flexibility index (Phi) is 4.37. The van der Waals surface area contributed by atoms with E-state index in [0.717, 1.165) is 0 Å². The first-order valence-electron chi connectivity index (χ1n) is 5.34. The van der Waals surface area contributed by atoms with Crippen molar-refractivity contribution in [1.82, 2.24) is 4.90 Å². The van der Waals surface area contributed by atoms with E-state index in [4.69, 9.17) is 4.74 Å². The Labute approximate surface area is 92.8 Å². The minimum Gasteiger partial charge on any atom is -0.378 e. The van der Waals surface area contributed by atoms with E-state index in [1.54, 1.807) is 0 Å². The Balaban J connectivity index is 2.37. The molecule has 4 heteroatoms. The average Bonchev–Trinajstić information content (AvgIpc) is 2.17. The van der Waals surface area contributed by atoms with E-state index in [9.17, 15) is 4.79 Å². The molecular formula is C11H19NO2Si. The Morgan fingerprint density at radius 2 is 1.93 bits per heavy atom. The summed E-state index contributed by atoms with van der Waals surface area (Å²) in [6, 6.07) is 0. The molecule has 0 radical (unpaired) electrons. The quantitative estimate of drug-likeness (QED) is 0.494. The van der Waals surface area contributed by atoms with E-state index in [0.29, 0.717) is 32.7 Å². The SMILES string of the molecule is C[Si](C)(C)C#CCC(=O)N1CCOCC1. The molecular weight excluding hydrogens is 206 g/mol. The number of nitrogens with zero attached hydrogens (tertiary/aromatic N) is 1. The van der Waals surface area contributed by atoms with Crippen LogP contribution in [0.15, 0.2) is 0 Å². The van der Waals surface area contributed by atoms with Crippen LogP contribution in [0.2, 0.25) is 19.6 Å². The van der Waals surface area contributed by atoms with Gasteiger partial charge in [0.2, 0.25) is 5.91 Å². The van der Waals surface area contributed by atoms with Gasteiger partial charge in [0, 0.05) is 13.1 Å². The molecule has 84 valence electrons. The van der Waals surface area contributed by atoms with Crippen LogP contribution in [0.4, 0.5) is 0 Å². The summed E-state index contributed by atoms with van der Waals surface area (Å²) >= 11 is 0. The lowest BCUT2D eigenvalue weighted by molar-refractivity contribution is -0.134. The fraction of sp³-hybridized carbons (Fsp3) is 0.727. The van der Waals surface area contributed by atoms with Crippen LogP contribution >= 0.6 is 0 Å². The summed E-state index contributed by atoms with van der Waals surface area (Å²) in [6.07, 6.45) is 0.365. The second kappa shape index (κ2) is 5.33. The Bertz CT molecular complexity index is 279. The van der Waals surface area contributed by atoms with Crippen molar-refractivity contribution in [3.05, 3.63) is 0 Å². The molecule has 0 aromatic heterocycles. The summed E-state index contributed by atoms with van der Waals surface area (Å²) in [4.78, 5) is 13.5. The number of ether oxygens (including phenoxy) is 1. The number of amides is 1. The van der Waals surface area contributed by atoms with Gasteiger partial charge in [-0.05, 0) is 0 Å². The van der Waals surface area contributed by atoms with Crippen LogP contribution in [0.5, 0.6) is 0 Å². The highest BCUT2D eigenvalue weighted by Gasteiger charge is 2.15. The van der Waals surface area contributed by atoms with Gasteiger partial charge >= 0.3 is 0 Å². The van der Waals surface area contributed by atoms with Crippen LogP contribution in [-0.4, -0.2) is 45.2 Å². The van der Waals surface area contributed by atoms with E-state index < -0.39 is 8.07 Å². The van der Waals surface area contributed by atoms with Gasteiger partial charge in [0.1, 0.15) is 8.07 Å². The van der Waals surface area contributed by atoms with Crippen molar-refractivity contribution in [1.29, 1.82) is 0 Å². The maximum atomic E-state index is 11.7. The minimum absolute atomic E-state index is 0.143. The lowest BCUT2D eigenvalue weighted by atomic mass is 10.3. The summed E-state index contributed by atoms with van der Waals surface area (Å²) in [6.45, 7) is 9.29. The van der Waals surface area contributed by atoms with Gasteiger partial charge in [-0.15, -0.1) is 11.5 Å². The molecule has 0 aromatic rings. The third-order valence-electron chi connectivity index (χ3n) is 2.07. The van der Waals surface area contributed by atoms with Crippen molar-refractivity contribution < 1.29 is 9.53 Å². The zero-order valence-corrected chi connectivity index (χ0v) is 10.8. The Hall–Kier alpha value is -0.793. The van der Waals surface area contributed by atoms with Gasteiger partial charge in [-0.3, -0.25) is 4.79 Å². The van der Waals surface area contributed by atoms with Crippen molar-refractivity contribution in [3.63, 3.8) is 0 Å². The molecule has 1 amide bonds. The number of carbonyl (C=O) groups excluding carboxylic acids is 1. The first-order valence-corrected chi connectivity index (χ1v) is 8.84. The van der Waals surface area contributed by atoms with Crippen LogP contribution in [0.3, 0.4) is 0 Å². The largest absolute Gasteiger partial charge is 0.378 e. The van der Waals surface area contributed by atoms with Gasteiger partial charge in [-0.25, -0.2) is 0 Å². The number of rotatable bonds is 1. The summed E-state index contributed by atoms with van der Waals surface area (Å²) in [5.41, 5.74) is 3.20. The molecule has 1 aliphatic rings. The molecule has 1 heterocycles. The molecule has 1 saturated heterocycles. The van der Waals surface area contributed by atoms with Crippen molar-refractivity contribution in [2.45, 2.75) is 26.1 Å². The normalized spacial score (nSPS) is 16.9. The zero-order chi connectivity index (χ0) is 11.3. The van der Waals surface area contributed by atoms with E-state index in [-0.39, 0.29) is 5.91 Å². The minimum atomic E-state index is -1.33. The molecule has 3 nitrogen and oxygen atoms in total. The molecule has 0 spiro atoms. The first kappa shape index (κ1) is 12.3. The second-order valence-electron chi connectivity index (χ2n) is 4.72. The van der Waals surface area contributed by atoms with Gasteiger partial charge in [0.05, 0.1) is 19.6 Å². The van der Waals surface area contributed by atoms with Crippen molar-refractivity contribution in [2.24, 2.45) is 0 Å². The van der Waals surface area contributed by atoms with Crippen LogP contribution in [0.25, 0.3) is 0 Å². The molecule has 15 heavy (non-hydrogen) atoms. The fourth-order valence-electron chi connectivity index (χ4n) is 1.31. The summed E-state index contributed by atoms with van der Waals surface area (Å²) in [7, 11) is -1.33. The summed E-state index contributed by atoms with van der Waals surface area (Å²) < 4.78 is 5.19. The molecule has 0 saturated carbocycles. The molecule has 0 atom stereocenters. The fourth-order valence-corrected chi connectivity index (χ4v) is 1.93. The zero-order valence-electron chi connectivity index (χ0n) is 9.80. The topological polar surface area (TPSA) is 29.5 Å². The lowest BCUT2D eigenvalue weighted by Crippen LogP contribution is -2.40. The van der Waals surface area contributed by atoms with Crippen LogP contribution in [0.1, 0.15) is 6.42 Å². The summed E-state index contributed by atoms with van der Waals surface area (Å²) in [5, 5.41) is 0. The van der Waals surface area contributed by atoms with Gasteiger partial charge in [0.25, 0.3) is 0 Å². The number of morpholine rings is 1. The monoisotopic (exact) mass is 225 g/mol. The second-order valence-corrected chi connectivity index (χ2v) is 9.47. The molecule has 0 aromatic carbocycles. The standard InChI is InChI=1S/C11H19NO2Si/c1-15(2,3)10-4-5-11(13)12-6-8-14-9-7-12/h5-9H2,1-3H3. The number of hydrogen-bond donors (Lipinski definition) is 0. The summed E-state index contributed by atoms with van der Waals surface area (Å²) in [5.74, 6) is 3.14.